The maximum Gasteiger partial charge on any atom is 0.338 e. The Morgan fingerprint density at radius 1 is 1.32 bits per heavy atom. The molecule has 1 aromatic rings. The predicted molar refractivity (Wildman–Crippen MR) is 102 cm³/mol. The van der Waals surface area contributed by atoms with Gasteiger partial charge in [0.05, 0.1) is 29.8 Å². The van der Waals surface area contributed by atoms with Crippen molar-refractivity contribution < 1.29 is 24.0 Å². The first-order valence-corrected chi connectivity index (χ1v) is 9.19. The SMILES string of the molecule is CCCOc1ccc(C2NC(=O)NC(C(C)C)=C2C(=O)OCC)cc1[N+](=O)[O-]. The lowest BCUT2D eigenvalue weighted by Crippen LogP contribution is -2.47. The zero-order valence-electron chi connectivity index (χ0n) is 16.4. The van der Waals surface area contributed by atoms with E-state index < -0.39 is 23.0 Å². The van der Waals surface area contributed by atoms with E-state index in [2.05, 4.69) is 10.6 Å². The highest BCUT2D eigenvalue weighted by atomic mass is 16.6. The van der Waals surface area contributed by atoms with Gasteiger partial charge in [-0.05, 0) is 30.9 Å². The molecule has 1 unspecified atom stereocenters. The third-order valence-electron chi connectivity index (χ3n) is 4.15. The average molecular weight is 391 g/mol. The molecule has 0 saturated heterocycles. The number of carbonyl (C=O) groups is 2. The number of hydrogen-bond acceptors (Lipinski definition) is 6. The van der Waals surface area contributed by atoms with Gasteiger partial charge in [0, 0.05) is 11.8 Å². The monoisotopic (exact) mass is 391 g/mol. The Morgan fingerprint density at radius 3 is 2.61 bits per heavy atom. The first-order valence-electron chi connectivity index (χ1n) is 9.19. The number of nitro groups is 1. The second-order valence-corrected chi connectivity index (χ2v) is 6.57. The van der Waals surface area contributed by atoms with E-state index >= 15 is 0 Å². The molecule has 0 radical (unpaired) electrons. The fraction of sp³-hybridized carbons (Fsp3) is 0.474. The van der Waals surface area contributed by atoms with Gasteiger partial charge in [-0.1, -0.05) is 26.8 Å². The number of hydrogen-bond donors (Lipinski definition) is 2. The van der Waals surface area contributed by atoms with Gasteiger partial charge in [-0.3, -0.25) is 10.1 Å². The summed E-state index contributed by atoms with van der Waals surface area (Å²) in [6.45, 7) is 7.76. The lowest BCUT2D eigenvalue weighted by Gasteiger charge is -2.31. The van der Waals surface area contributed by atoms with Gasteiger partial charge in [0.25, 0.3) is 0 Å². The molecule has 0 aliphatic carbocycles. The molecular formula is C19H25N3O6. The minimum absolute atomic E-state index is 0.140. The van der Waals surface area contributed by atoms with Crippen molar-refractivity contribution in [3.8, 4) is 5.75 Å². The minimum Gasteiger partial charge on any atom is -0.487 e. The maximum absolute atomic E-state index is 12.6. The van der Waals surface area contributed by atoms with Crippen molar-refractivity contribution in [2.75, 3.05) is 13.2 Å². The molecule has 1 aliphatic heterocycles. The number of rotatable bonds is 8. The van der Waals surface area contributed by atoms with Gasteiger partial charge >= 0.3 is 17.7 Å². The second kappa shape index (κ2) is 9.20. The van der Waals surface area contributed by atoms with Crippen LogP contribution in [0.15, 0.2) is 29.5 Å². The largest absolute Gasteiger partial charge is 0.487 e. The van der Waals surface area contributed by atoms with Crippen molar-refractivity contribution in [2.24, 2.45) is 5.92 Å². The fourth-order valence-corrected chi connectivity index (χ4v) is 2.92. The van der Waals surface area contributed by atoms with E-state index in [1.165, 1.54) is 12.1 Å². The first-order chi connectivity index (χ1) is 13.3. The zero-order chi connectivity index (χ0) is 20.8. The highest BCUT2D eigenvalue weighted by molar-refractivity contribution is 5.95. The van der Waals surface area contributed by atoms with Crippen LogP contribution in [0.4, 0.5) is 10.5 Å². The predicted octanol–water partition coefficient (Wildman–Crippen LogP) is 3.21. The highest BCUT2D eigenvalue weighted by Crippen LogP contribution is 2.35. The third-order valence-corrected chi connectivity index (χ3v) is 4.15. The van der Waals surface area contributed by atoms with Crippen LogP contribution < -0.4 is 15.4 Å². The summed E-state index contributed by atoms with van der Waals surface area (Å²) in [6, 6.07) is 3.04. The molecule has 1 aromatic carbocycles. The molecule has 0 fully saturated rings. The molecule has 2 amide bonds. The van der Waals surface area contributed by atoms with Crippen LogP contribution in [0.1, 0.15) is 45.7 Å². The molecule has 0 bridgehead atoms. The number of benzene rings is 1. The summed E-state index contributed by atoms with van der Waals surface area (Å²) in [5.41, 5.74) is 0.828. The third kappa shape index (κ3) is 4.59. The van der Waals surface area contributed by atoms with E-state index in [1.807, 2.05) is 20.8 Å². The van der Waals surface area contributed by atoms with Gasteiger partial charge < -0.3 is 20.1 Å². The molecular weight excluding hydrogens is 366 g/mol. The Morgan fingerprint density at radius 2 is 2.04 bits per heavy atom. The van der Waals surface area contributed by atoms with Crippen LogP contribution in [0, 0.1) is 16.0 Å². The van der Waals surface area contributed by atoms with Crippen LogP contribution in [0.3, 0.4) is 0 Å². The van der Waals surface area contributed by atoms with Gasteiger partial charge in [-0.15, -0.1) is 0 Å². The molecule has 1 aliphatic rings. The number of urea groups is 1. The van der Waals surface area contributed by atoms with Crippen LogP contribution in [0.5, 0.6) is 5.75 Å². The Hall–Kier alpha value is -3.10. The Kier molecular flexibility index (Phi) is 6.97. The van der Waals surface area contributed by atoms with E-state index in [0.717, 1.165) is 0 Å². The summed E-state index contributed by atoms with van der Waals surface area (Å²) in [5, 5.41) is 16.8. The molecule has 0 aromatic heterocycles. The molecule has 0 spiro atoms. The van der Waals surface area contributed by atoms with Crippen molar-refractivity contribution in [2.45, 2.75) is 40.2 Å². The summed E-state index contributed by atoms with van der Waals surface area (Å²) in [4.78, 5) is 35.7. The van der Waals surface area contributed by atoms with E-state index in [0.29, 0.717) is 24.3 Å². The summed E-state index contributed by atoms with van der Waals surface area (Å²) < 4.78 is 10.6. The zero-order valence-corrected chi connectivity index (χ0v) is 16.4. The number of esters is 1. The molecule has 1 heterocycles. The van der Waals surface area contributed by atoms with E-state index in [4.69, 9.17) is 9.47 Å². The molecule has 2 rings (SSSR count). The molecule has 9 heteroatoms. The topological polar surface area (TPSA) is 120 Å². The van der Waals surface area contributed by atoms with Crippen LogP contribution >= 0.6 is 0 Å². The van der Waals surface area contributed by atoms with Gasteiger partial charge in [-0.2, -0.15) is 0 Å². The second-order valence-electron chi connectivity index (χ2n) is 6.57. The molecule has 1 atom stereocenters. The van der Waals surface area contributed by atoms with Gasteiger partial charge in [0.2, 0.25) is 0 Å². The summed E-state index contributed by atoms with van der Waals surface area (Å²) in [7, 11) is 0. The normalized spacial score (nSPS) is 16.5. The summed E-state index contributed by atoms with van der Waals surface area (Å²) >= 11 is 0. The van der Waals surface area contributed by atoms with E-state index in [1.54, 1.807) is 13.0 Å². The minimum atomic E-state index is -0.871. The van der Waals surface area contributed by atoms with Crippen LogP contribution in [0.2, 0.25) is 0 Å². The number of carbonyl (C=O) groups excluding carboxylic acids is 2. The summed E-state index contributed by atoms with van der Waals surface area (Å²) in [5.74, 6) is -0.602. The average Bonchev–Trinajstić information content (AvgIpc) is 2.65. The lowest BCUT2D eigenvalue weighted by molar-refractivity contribution is -0.385. The fourth-order valence-electron chi connectivity index (χ4n) is 2.92. The molecule has 9 nitrogen and oxygen atoms in total. The van der Waals surface area contributed by atoms with Crippen molar-refractivity contribution in [3.05, 3.63) is 45.1 Å². The Bertz CT molecular complexity index is 803. The van der Waals surface area contributed by atoms with Gasteiger partial charge in [-0.25, -0.2) is 9.59 Å². The Balaban J connectivity index is 2.57. The van der Waals surface area contributed by atoms with Crippen molar-refractivity contribution in [1.29, 1.82) is 0 Å². The molecule has 2 N–H and O–H groups in total. The molecule has 152 valence electrons. The standard InChI is InChI=1S/C19H25N3O6/c1-5-9-28-14-8-7-12(10-13(14)22(25)26)17-15(18(23)27-6-2)16(11(3)4)20-19(24)21-17/h7-8,10-11,17H,5-6,9H2,1-4H3,(H2,20,21,24). The number of nitrogens with one attached hydrogen (secondary N) is 2. The summed E-state index contributed by atoms with van der Waals surface area (Å²) in [6.07, 6.45) is 0.705. The van der Waals surface area contributed by atoms with E-state index in [9.17, 15) is 19.7 Å². The van der Waals surface area contributed by atoms with Crippen LogP contribution in [-0.4, -0.2) is 30.1 Å². The van der Waals surface area contributed by atoms with Crippen LogP contribution in [-0.2, 0) is 9.53 Å². The maximum atomic E-state index is 12.6. The van der Waals surface area contributed by atoms with Crippen LogP contribution in [0.25, 0.3) is 0 Å². The lowest BCUT2D eigenvalue weighted by atomic mass is 9.91. The molecule has 0 saturated carbocycles. The van der Waals surface area contributed by atoms with Crippen molar-refractivity contribution in [1.82, 2.24) is 10.6 Å². The van der Waals surface area contributed by atoms with Gasteiger partial charge in [0.15, 0.2) is 5.75 Å². The van der Waals surface area contributed by atoms with Crippen molar-refractivity contribution >= 4 is 17.7 Å². The first kappa shape index (κ1) is 21.2. The Labute approximate surface area is 163 Å². The number of amides is 2. The molecule has 28 heavy (non-hydrogen) atoms. The smallest absolute Gasteiger partial charge is 0.338 e. The van der Waals surface area contributed by atoms with Crippen molar-refractivity contribution in [3.63, 3.8) is 0 Å². The number of nitrogens with zero attached hydrogens (tertiary/aromatic N) is 1. The number of ether oxygens (including phenoxy) is 2. The van der Waals surface area contributed by atoms with E-state index in [-0.39, 0.29) is 29.5 Å². The quantitative estimate of drug-likeness (QED) is 0.399. The number of nitro benzene ring substituents is 1. The highest BCUT2D eigenvalue weighted by Gasteiger charge is 2.35. The van der Waals surface area contributed by atoms with Gasteiger partial charge in [0.1, 0.15) is 0 Å². The number of allylic oxidation sites excluding steroid dienone is 1.